The Kier molecular flexibility index (Phi) is 6.65. The smallest absolute Gasteiger partial charge is 0.326 e. The number of halogens is 2. The van der Waals surface area contributed by atoms with E-state index >= 15 is 0 Å². The van der Waals surface area contributed by atoms with Gasteiger partial charge in [-0.3, -0.25) is 23.7 Å². The van der Waals surface area contributed by atoms with Gasteiger partial charge in [-0.15, -0.1) is 0 Å². The number of aromatic nitrogens is 1. The molecule has 7 nitrogen and oxygen atoms in total. The first kappa shape index (κ1) is 24.3. The Morgan fingerprint density at radius 2 is 1.74 bits per heavy atom. The summed E-state index contributed by atoms with van der Waals surface area (Å²) >= 11 is 11.6. The molecule has 2 amide bonds. The number of nitrogens with zero attached hydrogens (tertiary/aromatic N) is 2. The van der Waals surface area contributed by atoms with Crippen LogP contribution in [0.15, 0.2) is 62.8 Å². The molecule has 11 heteroatoms. The molecule has 3 unspecified atom stereocenters. The van der Waals surface area contributed by atoms with Crippen molar-refractivity contribution in [1.29, 1.82) is 0 Å². The van der Waals surface area contributed by atoms with Crippen LogP contribution in [0.2, 0.25) is 5.02 Å². The number of benzene rings is 2. The lowest BCUT2D eigenvalue weighted by Gasteiger charge is -2.30. The number of anilines is 1. The zero-order valence-electron chi connectivity index (χ0n) is 18.3. The lowest BCUT2D eigenvalue weighted by atomic mass is 9.83. The number of rotatable bonds is 5. The minimum atomic E-state index is -0.748. The summed E-state index contributed by atoms with van der Waals surface area (Å²) in [6.07, 6.45) is 0. The molecular formula is C24H18BrClN2O5S2. The fraction of sp³-hybridized carbons (Fsp3) is 0.250. The van der Waals surface area contributed by atoms with Crippen molar-refractivity contribution < 1.29 is 19.1 Å². The lowest BCUT2D eigenvalue weighted by molar-refractivity contribution is -0.144. The zero-order valence-corrected chi connectivity index (χ0v) is 22.2. The molecule has 3 heterocycles. The van der Waals surface area contributed by atoms with Gasteiger partial charge in [-0.2, -0.15) is 0 Å². The number of thiazole rings is 1. The minimum absolute atomic E-state index is 0.195. The first-order valence-electron chi connectivity index (χ1n) is 10.7. The topological polar surface area (TPSA) is 85.7 Å². The highest BCUT2D eigenvalue weighted by Gasteiger charge is 2.56. The van der Waals surface area contributed by atoms with Crippen LogP contribution in [0.4, 0.5) is 5.69 Å². The highest BCUT2D eigenvalue weighted by Crippen LogP contribution is 2.53. The Balaban J connectivity index is 1.64. The molecule has 0 bridgehead atoms. The van der Waals surface area contributed by atoms with Gasteiger partial charge in [0, 0.05) is 20.3 Å². The van der Waals surface area contributed by atoms with Crippen molar-refractivity contribution in [3.05, 3.63) is 78.1 Å². The maximum atomic E-state index is 13.8. The van der Waals surface area contributed by atoms with Crippen LogP contribution in [0, 0.1) is 5.92 Å². The number of hydrogen-bond donors (Lipinski definition) is 0. The van der Waals surface area contributed by atoms with Gasteiger partial charge in [0.15, 0.2) is 0 Å². The van der Waals surface area contributed by atoms with Gasteiger partial charge < -0.3 is 4.74 Å². The number of thioether (sulfide) groups is 1. The molecule has 0 N–H and O–H groups in total. The minimum Gasteiger partial charge on any atom is -0.465 e. The molecule has 1 aromatic heterocycles. The number of esters is 1. The normalized spacial score (nSPS) is 21.1. The summed E-state index contributed by atoms with van der Waals surface area (Å²) in [5.74, 6) is -2.45. The second-order valence-corrected chi connectivity index (χ2v) is 11.5. The van der Waals surface area contributed by atoms with E-state index < -0.39 is 23.1 Å². The molecule has 0 radical (unpaired) electrons. The van der Waals surface area contributed by atoms with E-state index in [1.165, 1.54) is 21.2 Å². The van der Waals surface area contributed by atoms with E-state index in [2.05, 4.69) is 15.9 Å². The van der Waals surface area contributed by atoms with E-state index in [0.717, 1.165) is 21.4 Å². The molecule has 3 aromatic rings. The van der Waals surface area contributed by atoms with Gasteiger partial charge in [0.1, 0.15) is 11.8 Å². The van der Waals surface area contributed by atoms with E-state index in [1.807, 2.05) is 12.1 Å². The molecule has 5 rings (SSSR count). The number of hydrogen-bond acceptors (Lipinski definition) is 7. The number of fused-ring (bicyclic) bond motifs is 2. The molecule has 2 aromatic carbocycles. The Hall–Kier alpha value is -2.40. The van der Waals surface area contributed by atoms with Crippen LogP contribution in [0.25, 0.3) is 0 Å². The van der Waals surface area contributed by atoms with Crippen molar-refractivity contribution in [2.45, 2.75) is 29.7 Å². The van der Waals surface area contributed by atoms with Gasteiger partial charge in [-0.1, -0.05) is 62.8 Å². The summed E-state index contributed by atoms with van der Waals surface area (Å²) in [6.45, 7) is 1.63. The highest BCUT2D eigenvalue weighted by atomic mass is 79.9. The predicted molar refractivity (Wildman–Crippen MR) is 138 cm³/mol. The monoisotopic (exact) mass is 592 g/mol. The van der Waals surface area contributed by atoms with Crippen molar-refractivity contribution in [2.24, 2.45) is 5.92 Å². The van der Waals surface area contributed by atoms with Gasteiger partial charge >= 0.3 is 10.8 Å². The highest BCUT2D eigenvalue weighted by molar-refractivity contribution is 9.10. The Labute approximate surface area is 222 Å². The average Bonchev–Trinajstić information content (AvgIpc) is 3.27. The van der Waals surface area contributed by atoms with Gasteiger partial charge in [-0.25, -0.2) is 4.90 Å². The Morgan fingerprint density at radius 1 is 1.06 bits per heavy atom. The summed E-state index contributed by atoms with van der Waals surface area (Å²) in [4.78, 5) is 54.0. The molecular weight excluding hydrogens is 576 g/mol. The van der Waals surface area contributed by atoms with Crippen LogP contribution in [-0.2, 0) is 25.7 Å². The summed E-state index contributed by atoms with van der Waals surface area (Å²) in [5, 5.41) is 0.309. The Bertz CT molecular complexity index is 1390. The van der Waals surface area contributed by atoms with Crippen LogP contribution in [0.1, 0.15) is 23.3 Å². The molecule has 0 saturated carbocycles. The van der Waals surface area contributed by atoms with Gasteiger partial charge in [0.05, 0.1) is 23.2 Å². The second kappa shape index (κ2) is 9.57. The van der Waals surface area contributed by atoms with Crippen LogP contribution < -0.4 is 9.77 Å². The van der Waals surface area contributed by atoms with E-state index in [0.29, 0.717) is 20.6 Å². The molecule has 2 aliphatic rings. The molecule has 1 saturated heterocycles. The summed E-state index contributed by atoms with van der Waals surface area (Å²) in [7, 11) is 0. The van der Waals surface area contributed by atoms with Gasteiger partial charge in [-0.05, 0) is 48.9 Å². The third-order valence-corrected chi connectivity index (χ3v) is 9.34. The fourth-order valence-corrected chi connectivity index (χ4v) is 7.63. The molecule has 0 spiro atoms. The SMILES string of the molecule is CCOC(=O)Cn1c2c(sc1=O)C(c1ccc(Cl)cc1)C1C(=O)N(c3ccc(Br)cc3)C(=O)C1S2. The van der Waals surface area contributed by atoms with Crippen molar-refractivity contribution in [1.82, 2.24) is 4.57 Å². The van der Waals surface area contributed by atoms with E-state index in [4.69, 9.17) is 16.3 Å². The molecule has 0 aliphatic carbocycles. The van der Waals surface area contributed by atoms with Crippen LogP contribution >= 0.6 is 50.6 Å². The first-order valence-corrected chi connectivity index (χ1v) is 13.6. The third kappa shape index (κ3) is 4.26. The number of carbonyl (C=O) groups excluding carboxylic acids is 3. The lowest BCUT2D eigenvalue weighted by Crippen LogP contribution is -2.32. The maximum Gasteiger partial charge on any atom is 0.326 e. The van der Waals surface area contributed by atoms with Crippen molar-refractivity contribution >= 4 is 74.1 Å². The molecule has 180 valence electrons. The van der Waals surface area contributed by atoms with Crippen molar-refractivity contribution in [3.8, 4) is 0 Å². The standard InChI is InChI=1S/C24H18BrClN2O5S2/c1-2-33-16(29)11-27-23-20(35-24(27)32)17(12-3-7-14(26)8-4-12)18-19(34-23)22(31)28(21(18)30)15-9-5-13(25)6-10-15/h3-10,17-19H,2,11H2,1H3. The quantitative estimate of drug-likeness (QED) is 0.315. The summed E-state index contributed by atoms with van der Waals surface area (Å²) in [5.41, 5.74) is 1.26. The van der Waals surface area contributed by atoms with E-state index in [1.54, 1.807) is 43.3 Å². The molecule has 2 aliphatic heterocycles. The third-order valence-electron chi connectivity index (χ3n) is 5.96. The van der Waals surface area contributed by atoms with E-state index in [-0.39, 0.29) is 29.8 Å². The molecule has 35 heavy (non-hydrogen) atoms. The number of amides is 2. The summed E-state index contributed by atoms with van der Waals surface area (Å²) < 4.78 is 7.22. The summed E-state index contributed by atoms with van der Waals surface area (Å²) in [6, 6.07) is 14.0. The Morgan fingerprint density at radius 3 is 2.40 bits per heavy atom. The van der Waals surface area contributed by atoms with E-state index in [9.17, 15) is 19.2 Å². The zero-order chi connectivity index (χ0) is 24.9. The van der Waals surface area contributed by atoms with Gasteiger partial charge in [0.25, 0.3) is 0 Å². The van der Waals surface area contributed by atoms with Crippen molar-refractivity contribution in [2.75, 3.05) is 11.5 Å². The number of carbonyl (C=O) groups is 3. The number of imide groups is 1. The fourth-order valence-electron chi connectivity index (χ4n) is 4.46. The first-order chi connectivity index (χ1) is 16.8. The predicted octanol–water partition coefficient (Wildman–Crippen LogP) is 4.68. The molecule has 1 fully saturated rings. The average molecular weight is 594 g/mol. The van der Waals surface area contributed by atoms with Gasteiger partial charge in [0.2, 0.25) is 11.8 Å². The van der Waals surface area contributed by atoms with Crippen LogP contribution in [0.3, 0.4) is 0 Å². The second-order valence-electron chi connectivity index (χ2n) is 8.01. The maximum absolute atomic E-state index is 13.8. The largest absolute Gasteiger partial charge is 0.465 e. The van der Waals surface area contributed by atoms with Crippen LogP contribution in [-0.4, -0.2) is 34.2 Å². The van der Waals surface area contributed by atoms with Crippen molar-refractivity contribution in [3.63, 3.8) is 0 Å². The molecule has 3 atom stereocenters. The number of ether oxygens (including phenoxy) is 1. The van der Waals surface area contributed by atoms with Crippen LogP contribution in [0.5, 0.6) is 0 Å².